The van der Waals surface area contributed by atoms with Crippen LogP contribution >= 0.6 is 0 Å². The number of carbonyl (C=O) groups is 1. The number of halogens is 3. The first-order valence-electron chi connectivity index (χ1n) is 9.72. The number of hydrogen-bond donors (Lipinski definition) is 2. The van der Waals surface area contributed by atoms with Crippen molar-refractivity contribution in [1.29, 1.82) is 0 Å². The molecule has 1 amide bonds. The van der Waals surface area contributed by atoms with Crippen molar-refractivity contribution in [3.63, 3.8) is 0 Å². The van der Waals surface area contributed by atoms with E-state index in [9.17, 15) is 18.0 Å². The molecule has 0 unspecified atom stereocenters. The maximum atomic E-state index is 12.8. The lowest BCUT2D eigenvalue weighted by molar-refractivity contribution is -0.137. The molecule has 0 aliphatic carbocycles. The fourth-order valence-corrected chi connectivity index (χ4v) is 3.32. The van der Waals surface area contributed by atoms with Gasteiger partial charge in [0.1, 0.15) is 11.4 Å². The van der Waals surface area contributed by atoms with Crippen molar-refractivity contribution < 1.29 is 27.8 Å². The van der Waals surface area contributed by atoms with Crippen molar-refractivity contribution >= 4 is 11.6 Å². The molecule has 0 radical (unpaired) electrons. The van der Waals surface area contributed by atoms with Crippen molar-refractivity contribution in [2.24, 2.45) is 0 Å². The van der Waals surface area contributed by atoms with Crippen molar-refractivity contribution in [2.75, 3.05) is 18.1 Å². The number of ether oxygens (including phenoxy) is 1. The van der Waals surface area contributed by atoms with Gasteiger partial charge in [0.05, 0.1) is 17.7 Å². The number of nitrogens with one attached hydrogen (secondary N) is 1. The molecule has 0 saturated carbocycles. The number of aliphatic hydroxyl groups is 1. The van der Waals surface area contributed by atoms with Gasteiger partial charge >= 0.3 is 6.18 Å². The molecule has 0 bridgehead atoms. The van der Waals surface area contributed by atoms with Crippen LogP contribution in [0.2, 0.25) is 0 Å². The van der Waals surface area contributed by atoms with Crippen LogP contribution in [0.4, 0.5) is 18.9 Å². The van der Waals surface area contributed by atoms with Gasteiger partial charge in [0.25, 0.3) is 5.91 Å². The Bertz CT molecular complexity index is 887. The van der Waals surface area contributed by atoms with E-state index in [-0.39, 0.29) is 30.2 Å². The lowest BCUT2D eigenvalue weighted by Crippen LogP contribution is -2.35. The molecule has 1 aliphatic rings. The predicted octanol–water partition coefficient (Wildman–Crippen LogP) is 3.99. The smallest absolute Gasteiger partial charge is 0.416 e. The Morgan fingerprint density at radius 1 is 1.37 bits per heavy atom. The summed E-state index contributed by atoms with van der Waals surface area (Å²) < 4.78 is 44.1. The lowest BCUT2D eigenvalue weighted by atomic mass is 10.2. The molecule has 1 aromatic heterocycles. The molecule has 1 fully saturated rings. The van der Waals surface area contributed by atoms with Gasteiger partial charge in [-0.15, -0.1) is 0 Å². The molecule has 30 heavy (non-hydrogen) atoms. The summed E-state index contributed by atoms with van der Waals surface area (Å²) in [5.74, 6) is 0.0585. The monoisotopic (exact) mass is 423 g/mol. The number of pyridine rings is 1. The number of rotatable bonds is 6. The fourth-order valence-electron chi connectivity index (χ4n) is 3.32. The van der Waals surface area contributed by atoms with E-state index in [1.54, 1.807) is 13.0 Å². The Labute approximate surface area is 172 Å². The Balaban J connectivity index is 1.90. The summed E-state index contributed by atoms with van der Waals surface area (Å²) in [6.45, 7) is 4.29. The molecule has 6 nitrogen and oxygen atoms in total. The minimum Gasteiger partial charge on any atom is -0.437 e. The second kappa shape index (κ2) is 8.91. The van der Waals surface area contributed by atoms with Gasteiger partial charge in [-0.05, 0) is 57.0 Å². The zero-order valence-corrected chi connectivity index (χ0v) is 16.7. The molecule has 3 rings (SSSR count). The lowest BCUT2D eigenvalue weighted by Gasteiger charge is -2.26. The van der Waals surface area contributed by atoms with Gasteiger partial charge in [-0.25, -0.2) is 4.98 Å². The minimum atomic E-state index is -4.42. The number of benzene rings is 1. The summed E-state index contributed by atoms with van der Waals surface area (Å²) in [5, 5.41) is 11.8. The van der Waals surface area contributed by atoms with Crippen LogP contribution in [-0.2, 0) is 6.18 Å². The Morgan fingerprint density at radius 2 is 2.07 bits per heavy atom. The van der Waals surface area contributed by atoms with E-state index >= 15 is 0 Å². The molecular formula is C21H24F3N3O3. The summed E-state index contributed by atoms with van der Waals surface area (Å²) in [6.07, 6.45) is -1.13. The maximum absolute atomic E-state index is 12.8. The largest absolute Gasteiger partial charge is 0.437 e. The average molecular weight is 423 g/mol. The summed E-state index contributed by atoms with van der Waals surface area (Å²) in [5.41, 5.74) is 0.148. The second-order valence-electron chi connectivity index (χ2n) is 7.41. The molecular weight excluding hydrogens is 399 g/mol. The number of aromatic nitrogens is 1. The molecule has 1 saturated heterocycles. The average Bonchev–Trinajstić information content (AvgIpc) is 3.13. The van der Waals surface area contributed by atoms with E-state index in [2.05, 4.69) is 22.1 Å². The van der Waals surface area contributed by atoms with E-state index < -0.39 is 17.8 Å². The van der Waals surface area contributed by atoms with E-state index in [1.807, 2.05) is 0 Å². The Kier molecular flexibility index (Phi) is 6.50. The molecule has 2 aromatic rings. The van der Waals surface area contributed by atoms with Crippen LogP contribution in [0.3, 0.4) is 0 Å². The van der Waals surface area contributed by atoms with Gasteiger partial charge in [-0.2, -0.15) is 13.2 Å². The highest BCUT2D eigenvalue weighted by molar-refractivity contribution is 5.95. The van der Waals surface area contributed by atoms with Gasteiger partial charge in [0.15, 0.2) is 0 Å². The highest BCUT2D eigenvalue weighted by Crippen LogP contribution is 2.36. The molecule has 2 N–H and O–H groups in total. The third kappa shape index (κ3) is 5.02. The second-order valence-corrected chi connectivity index (χ2v) is 7.41. The summed E-state index contributed by atoms with van der Waals surface area (Å²) in [4.78, 5) is 18.8. The van der Waals surface area contributed by atoms with Crippen LogP contribution in [0, 0.1) is 0 Å². The van der Waals surface area contributed by atoms with E-state index in [0.29, 0.717) is 11.3 Å². The zero-order valence-electron chi connectivity index (χ0n) is 16.7. The summed E-state index contributed by atoms with van der Waals surface area (Å²) >= 11 is 0. The molecule has 9 heteroatoms. The fraction of sp³-hybridized carbons (Fsp3) is 0.429. The number of nitrogens with zero attached hydrogens (tertiary/aromatic N) is 2. The first-order chi connectivity index (χ1) is 14.2. The van der Waals surface area contributed by atoms with Gasteiger partial charge < -0.3 is 20.1 Å². The van der Waals surface area contributed by atoms with Crippen molar-refractivity contribution in [3.8, 4) is 11.6 Å². The van der Waals surface area contributed by atoms with E-state index in [1.165, 1.54) is 18.3 Å². The highest BCUT2D eigenvalue weighted by Gasteiger charge is 2.30. The highest BCUT2D eigenvalue weighted by atomic mass is 19.4. The van der Waals surface area contributed by atoms with Gasteiger partial charge in [0, 0.05) is 24.8 Å². The van der Waals surface area contributed by atoms with Crippen LogP contribution in [0.25, 0.3) is 0 Å². The SMILES string of the molecule is C[C@H](CO)NC(=O)c1cnc(Oc2ccc(C(F)(F)F)cc2)c(N2CCC[C@H]2C)c1. The van der Waals surface area contributed by atoms with Gasteiger partial charge in [-0.1, -0.05) is 0 Å². The topological polar surface area (TPSA) is 74.7 Å². The molecule has 1 aliphatic heterocycles. The van der Waals surface area contributed by atoms with Crippen LogP contribution in [0.1, 0.15) is 42.6 Å². The third-order valence-corrected chi connectivity index (χ3v) is 5.00. The number of anilines is 1. The molecule has 0 spiro atoms. The molecule has 2 heterocycles. The van der Waals surface area contributed by atoms with Crippen LogP contribution in [0.15, 0.2) is 36.5 Å². The summed E-state index contributed by atoms with van der Waals surface area (Å²) in [6, 6.07) is 5.84. The van der Waals surface area contributed by atoms with E-state index in [0.717, 1.165) is 31.5 Å². The van der Waals surface area contributed by atoms with Crippen molar-refractivity contribution in [2.45, 2.75) is 44.9 Å². The van der Waals surface area contributed by atoms with Crippen LogP contribution in [0.5, 0.6) is 11.6 Å². The first-order valence-corrected chi connectivity index (χ1v) is 9.72. The number of amides is 1. The Morgan fingerprint density at radius 3 is 2.63 bits per heavy atom. The first kappa shape index (κ1) is 21.9. The molecule has 162 valence electrons. The number of carbonyl (C=O) groups excluding carboxylic acids is 1. The Hall–Kier alpha value is -2.81. The molecule has 1 aromatic carbocycles. The molecule has 2 atom stereocenters. The van der Waals surface area contributed by atoms with E-state index in [4.69, 9.17) is 9.84 Å². The quantitative estimate of drug-likeness (QED) is 0.735. The third-order valence-electron chi connectivity index (χ3n) is 5.00. The van der Waals surface area contributed by atoms with Crippen molar-refractivity contribution in [3.05, 3.63) is 47.7 Å². The van der Waals surface area contributed by atoms with Crippen LogP contribution in [-0.4, -0.2) is 41.2 Å². The number of aliphatic hydroxyl groups excluding tert-OH is 1. The summed E-state index contributed by atoms with van der Waals surface area (Å²) in [7, 11) is 0. The normalized spacial score (nSPS) is 17.7. The predicted molar refractivity (Wildman–Crippen MR) is 106 cm³/mol. The standard InChI is InChI=1S/C21H24F3N3O3/c1-13(12-28)26-19(29)15-10-18(27-9-3-4-14(27)2)20(25-11-15)30-17-7-5-16(6-8-17)21(22,23)24/h5-8,10-11,13-14,28H,3-4,9,12H2,1-2H3,(H,26,29)/t13-,14-/m1/s1. The van der Waals surface area contributed by atoms with Crippen LogP contribution < -0.4 is 15.0 Å². The zero-order chi connectivity index (χ0) is 21.9. The van der Waals surface area contributed by atoms with Gasteiger partial charge in [-0.3, -0.25) is 4.79 Å². The maximum Gasteiger partial charge on any atom is 0.416 e. The van der Waals surface area contributed by atoms with Gasteiger partial charge in [0.2, 0.25) is 5.88 Å². The number of hydrogen-bond acceptors (Lipinski definition) is 5. The minimum absolute atomic E-state index is 0.190. The number of alkyl halides is 3. The van der Waals surface area contributed by atoms with Crippen molar-refractivity contribution in [1.82, 2.24) is 10.3 Å².